The van der Waals surface area contributed by atoms with Gasteiger partial charge < -0.3 is 14.3 Å². The summed E-state index contributed by atoms with van der Waals surface area (Å²) in [6.07, 6.45) is 1.63. The van der Waals surface area contributed by atoms with Crippen molar-refractivity contribution in [2.75, 3.05) is 6.61 Å². The average molecular weight is 329 g/mol. The van der Waals surface area contributed by atoms with Crippen LogP contribution in [0.3, 0.4) is 0 Å². The van der Waals surface area contributed by atoms with Crippen LogP contribution >= 0.6 is 11.6 Å². The van der Waals surface area contributed by atoms with Crippen LogP contribution in [0.5, 0.6) is 5.75 Å². The number of benzene rings is 2. The topological polar surface area (TPSA) is 59.7 Å². The lowest BCUT2D eigenvalue weighted by Crippen LogP contribution is -2.17. The molecular weight excluding hydrogens is 316 g/mol. The van der Waals surface area contributed by atoms with Crippen molar-refractivity contribution in [2.24, 2.45) is 0 Å². The molecule has 1 unspecified atom stereocenters. The normalized spacial score (nSPS) is 16.3. The molecule has 0 spiro atoms. The number of rotatable bonds is 2. The van der Waals surface area contributed by atoms with Gasteiger partial charge in [0.1, 0.15) is 23.7 Å². The minimum atomic E-state index is -0.328. The van der Waals surface area contributed by atoms with E-state index in [9.17, 15) is 9.90 Å². The fourth-order valence-corrected chi connectivity index (χ4v) is 3.23. The van der Waals surface area contributed by atoms with Crippen LogP contribution in [0, 0.1) is 0 Å². The largest absolute Gasteiger partial charge is 0.487 e. The highest BCUT2D eigenvalue weighted by Gasteiger charge is 2.28. The minimum absolute atomic E-state index is 0.0971. The van der Waals surface area contributed by atoms with Crippen molar-refractivity contribution in [3.05, 3.63) is 63.5 Å². The Balaban J connectivity index is 1.98. The van der Waals surface area contributed by atoms with Gasteiger partial charge in [-0.2, -0.15) is 0 Å². The molecule has 0 aliphatic carbocycles. The summed E-state index contributed by atoms with van der Waals surface area (Å²) in [5, 5.41) is 9.93. The van der Waals surface area contributed by atoms with E-state index in [0.717, 1.165) is 11.1 Å². The molecule has 2 aromatic carbocycles. The summed E-state index contributed by atoms with van der Waals surface area (Å²) < 4.78 is 11.4. The summed E-state index contributed by atoms with van der Waals surface area (Å²) >= 11 is 6.29. The number of hydrogen-bond acceptors (Lipinski definition) is 4. The molecule has 1 aromatic heterocycles. The first-order chi connectivity index (χ1) is 11.2. The predicted molar refractivity (Wildman–Crippen MR) is 88.1 cm³/mol. The minimum Gasteiger partial charge on any atom is -0.487 e. The molecule has 5 heteroatoms. The first-order valence-electron chi connectivity index (χ1n) is 7.29. The highest BCUT2D eigenvalue weighted by Crippen LogP contribution is 2.38. The summed E-state index contributed by atoms with van der Waals surface area (Å²) in [5.74, 6) is 0.567. The Kier molecular flexibility index (Phi) is 3.36. The first-order valence-corrected chi connectivity index (χ1v) is 7.66. The molecule has 0 radical (unpaired) electrons. The smallest absolute Gasteiger partial charge is 0.202 e. The lowest BCUT2D eigenvalue weighted by molar-refractivity contribution is 0.134. The summed E-state index contributed by atoms with van der Waals surface area (Å²) in [6.45, 7) is -0.0971. The summed E-state index contributed by atoms with van der Waals surface area (Å²) in [7, 11) is 0. The Hall–Kier alpha value is -2.30. The van der Waals surface area contributed by atoms with E-state index in [1.54, 1.807) is 6.07 Å². The molecule has 116 valence electrons. The van der Waals surface area contributed by atoms with E-state index in [1.165, 1.54) is 6.26 Å². The third-order valence-corrected chi connectivity index (χ3v) is 4.37. The van der Waals surface area contributed by atoms with Crippen LogP contribution in [0.2, 0.25) is 5.02 Å². The first kappa shape index (κ1) is 14.3. The molecule has 0 saturated heterocycles. The standard InChI is InChI=1S/C18H13ClO4/c19-14-7-15-12(6-11(8-20)23-15)18-16(14)17(21)13(9-22-18)10-4-2-1-3-5-10/h1-5,7,9,11,20H,6,8H2. The number of hydrogen-bond donors (Lipinski definition) is 1. The second kappa shape index (κ2) is 5.41. The van der Waals surface area contributed by atoms with Crippen LogP contribution in [0.1, 0.15) is 5.56 Å². The number of ether oxygens (including phenoxy) is 1. The Morgan fingerprint density at radius 1 is 1.26 bits per heavy atom. The van der Waals surface area contributed by atoms with Crippen molar-refractivity contribution in [3.63, 3.8) is 0 Å². The van der Waals surface area contributed by atoms with E-state index in [0.29, 0.717) is 33.7 Å². The second-order valence-electron chi connectivity index (χ2n) is 5.51. The lowest BCUT2D eigenvalue weighted by Gasteiger charge is -2.07. The third-order valence-electron chi connectivity index (χ3n) is 4.08. The molecule has 1 aliphatic rings. The van der Waals surface area contributed by atoms with Gasteiger partial charge in [-0.1, -0.05) is 41.9 Å². The van der Waals surface area contributed by atoms with Crippen molar-refractivity contribution in [1.29, 1.82) is 0 Å². The van der Waals surface area contributed by atoms with Gasteiger partial charge in [0, 0.05) is 18.1 Å². The van der Waals surface area contributed by atoms with E-state index >= 15 is 0 Å². The summed E-state index contributed by atoms with van der Waals surface area (Å²) in [5.41, 5.74) is 2.30. The molecule has 1 N–H and O–H groups in total. The fourth-order valence-electron chi connectivity index (χ4n) is 2.96. The zero-order valence-corrected chi connectivity index (χ0v) is 12.8. The van der Waals surface area contributed by atoms with Gasteiger partial charge in [-0.15, -0.1) is 0 Å². The number of aliphatic hydroxyl groups is 1. The number of aliphatic hydroxyl groups excluding tert-OH is 1. The van der Waals surface area contributed by atoms with Gasteiger partial charge in [0.05, 0.1) is 22.6 Å². The molecule has 0 fully saturated rings. The zero-order valence-electron chi connectivity index (χ0n) is 12.1. The van der Waals surface area contributed by atoms with Crippen LogP contribution in [0.15, 0.2) is 51.9 Å². The summed E-state index contributed by atoms with van der Waals surface area (Å²) in [4.78, 5) is 12.9. The quantitative estimate of drug-likeness (QED) is 0.783. The van der Waals surface area contributed by atoms with Crippen LogP contribution in [-0.2, 0) is 6.42 Å². The van der Waals surface area contributed by atoms with E-state index in [-0.39, 0.29) is 18.1 Å². The molecule has 23 heavy (non-hydrogen) atoms. The lowest BCUT2D eigenvalue weighted by atomic mass is 10.0. The SMILES string of the molecule is O=c1c(-c2ccccc2)coc2c3c(cc(Cl)c12)OC(CO)C3. The number of halogens is 1. The molecule has 0 saturated carbocycles. The van der Waals surface area contributed by atoms with E-state index in [4.69, 9.17) is 20.8 Å². The van der Waals surface area contributed by atoms with Gasteiger partial charge in [-0.25, -0.2) is 0 Å². The van der Waals surface area contributed by atoms with Crippen LogP contribution in [0.25, 0.3) is 22.1 Å². The van der Waals surface area contributed by atoms with Gasteiger partial charge in [0.2, 0.25) is 5.43 Å². The van der Waals surface area contributed by atoms with Crippen molar-refractivity contribution in [3.8, 4) is 16.9 Å². The van der Waals surface area contributed by atoms with Gasteiger partial charge in [0.25, 0.3) is 0 Å². The Bertz CT molecular complexity index is 947. The molecule has 1 aliphatic heterocycles. The summed E-state index contributed by atoms with van der Waals surface area (Å²) in [6, 6.07) is 10.9. The average Bonchev–Trinajstić information content (AvgIpc) is 2.99. The maximum Gasteiger partial charge on any atom is 0.202 e. The molecule has 2 heterocycles. The third kappa shape index (κ3) is 2.22. The molecule has 1 atom stereocenters. The Morgan fingerprint density at radius 3 is 2.78 bits per heavy atom. The highest BCUT2D eigenvalue weighted by atomic mass is 35.5. The predicted octanol–water partition coefficient (Wildman–Crippen LogP) is 3.41. The fraction of sp³-hybridized carbons (Fsp3) is 0.167. The van der Waals surface area contributed by atoms with Crippen molar-refractivity contribution in [1.82, 2.24) is 0 Å². The highest BCUT2D eigenvalue weighted by molar-refractivity contribution is 6.35. The van der Waals surface area contributed by atoms with Gasteiger partial charge in [-0.05, 0) is 5.56 Å². The molecule has 0 amide bonds. The monoisotopic (exact) mass is 328 g/mol. The molecular formula is C18H13ClO4. The van der Waals surface area contributed by atoms with Gasteiger partial charge in [0.15, 0.2) is 0 Å². The molecule has 4 nitrogen and oxygen atoms in total. The van der Waals surface area contributed by atoms with Crippen molar-refractivity contribution >= 4 is 22.6 Å². The molecule has 0 bridgehead atoms. The maximum absolute atomic E-state index is 12.9. The van der Waals surface area contributed by atoms with Crippen molar-refractivity contribution in [2.45, 2.75) is 12.5 Å². The van der Waals surface area contributed by atoms with Crippen LogP contribution in [-0.4, -0.2) is 17.8 Å². The van der Waals surface area contributed by atoms with Gasteiger partial charge >= 0.3 is 0 Å². The van der Waals surface area contributed by atoms with Crippen LogP contribution in [0.4, 0.5) is 0 Å². The van der Waals surface area contributed by atoms with Crippen LogP contribution < -0.4 is 10.2 Å². The Morgan fingerprint density at radius 2 is 2.04 bits per heavy atom. The van der Waals surface area contributed by atoms with Gasteiger partial charge in [-0.3, -0.25) is 4.79 Å². The molecule has 3 aromatic rings. The van der Waals surface area contributed by atoms with E-state index < -0.39 is 0 Å². The maximum atomic E-state index is 12.9. The molecule has 4 rings (SSSR count). The van der Waals surface area contributed by atoms with E-state index in [1.807, 2.05) is 30.3 Å². The zero-order chi connectivity index (χ0) is 16.0. The second-order valence-corrected chi connectivity index (χ2v) is 5.92. The number of fused-ring (bicyclic) bond motifs is 3. The van der Waals surface area contributed by atoms with E-state index in [2.05, 4.69) is 0 Å². The Labute approximate surface area is 136 Å². The van der Waals surface area contributed by atoms with Crippen molar-refractivity contribution < 1.29 is 14.3 Å².